The highest BCUT2D eigenvalue weighted by Crippen LogP contribution is 2.22. The van der Waals surface area contributed by atoms with Gasteiger partial charge in [0.1, 0.15) is 12.4 Å². The molecule has 6 nitrogen and oxygen atoms in total. The van der Waals surface area contributed by atoms with Crippen LogP contribution in [0.2, 0.25) is 0 Å². The van der Waals surface area contributed by atoms with Crippen molar-refractivity contribution in [3.05, 3.63) is 78.1 Å². The Morgan fingerprint density at radius 2 is 1.62 bits per heavy atom. The zero-order valence-corrected chi connectivity index (χ0v) is 17.0. The number of carbonyl (C=O) groups excluding carboxylic acids is 1. The summed E-state index contributed by atoms with van der Waals surface area (Å²) in [7, 11) is -1.40. The first-order valence-electron chi connectivity index (χ1n) is 8.98. The highest BCUT2D eigenvalue weighted by atomic mass is 32.2. The second-order valence-corrected chi connectivity index (χ2v) is 8.77. The molecule has 0 saturated heterocycles. The van der Waals surface area contributed by atoms with Crippen molar-refractivity contribution in [2.24, 2.45) is 0 Å². The fourth-order valence-electron chi connectivity index (χ4n) is 2.88. The molecule has 0 aromatic heterocycles. The largest absolute Gasteiger partial charge is 0.350 e. The summed E-state index contributed by atoms with van der Waals surface area (Å²) in [5, 5.41) is 4.84. The third kappa shape index (κ3) is 4.72. The molecule has 152 valence electrons. The molecule has 0 unspecified atom stereocenters. The van der Waals surface area contributed by atoms with Crippen molar-refractivity contribution >= 4 is 32.6 Å². The number of nitrogens with zero attached hydrogens (tertiary/aromatic N) is 2. The van der Waals surface area contributed by atoms with Crippen LogP contribution >= 0.6 is 0 Å². The maximum absolute atomic E-state index is 14.2. The molecule has 0 radical (unpaired) electrons. The third-order valence-electron chi connectivity index (χ3n) is 4.45. The van der Waals surface area contributed by atoms with E-state index >= 15 is 0 Å². The number of anilines is 1. The molecule has 0 fully saturated rings. The molecular formula is C21H22FN3O3S. The van der Waals surface area contributed by atoms with Crippen LogP contribution in [0.4, 0.5) is 10.1 Å². The predicted molar refractivity (Wildman–Crippen MR) is 112 cm³/mol. The number of halogens is 1. The van der Waals surface area contributed by atoms with Gasteiger partial charge in [0.05, 0.1) is 5.69 Å². The molecule has 3 aromatic rings. The molecular weight excluding hydrogens is 393 g/mol. The van der Waals surface area contributed by atoms with E-state index in [2.05, 4.69) is 5.32 Å². The zero-order valence-electron chi connectivity index (χ0n) is 16.2. The molecule has 3 aromatic carbocycles. The zero-order chi connectivity index (χ0) is 21.0. The minimum Gasteiger partial charge on any atom is -0.350 e. The summed E-state index contributed by atoms with van der Waals surface area (Å²) in [5.41, 5.74) is 0.701. The summed E-state index contributed by atoms with van der Waals surface area (Å²) in [4.78, 5) is 12.5. The number of rotatable bonds is 7. The van der Waals surface area contributed by atoms with Gasteiger partial charge in [-0.25, -0.2) is 8.70 Å². The van der Waals surface area contributed by atoms with Crippen LogP contribution in [0.5, 0.6) is 0 Å². The molecule has 3 rings (SSSR count). The fourth-order valence-corrected chi connectivity index (χ4v) is 3.95. The van der Waals surface area contributed by atoms with Crippen molar-refractivity contribution in [2.45, 2.75) is 6.54 Å². The van der Waals surface area contributed by atoms with E-state index < -0.39 is 28.5 Å². The first kappa shape index (κ1) is 20.8. The Bertz CT molecular complexity index is 1130. The van der Waals surface area contributed by atoms with Gasteiger partial charge in [-0.15, -0.1) is 0 Å². The van der Waals surface area contributed by atoms with Gasteiger partial charge in [-0.1, -0.05) is 48.5 Å². The van der Waals surface area contributed by atoms with Gasteiger partial charge in [-0.05, 0) is 34.5 Å². The first-order chi connectivity index (χ1) is 13.8. The number of para-hydroxylation sites is 1. The molecule has 0 aliphatic rings. The number of benzene rings is 3. The fraction of sp³-hybridized carbons (Fsp3) is 0.190. The summed E-state index contributed by atoms with van der Waals surface area (Å²) in [6, 6.07) is 19.1. The molecule has 29 heavy (non-hydrogen) atoms. The minimum absolute atomic E-state index is 0.179. The van der Waals surface area contributed by atoms with Crippen molar-refractivity contribution in [2.75, 3.05) is 24.9 Å². The van der Waals surface area contributed by atoms with Gasteiger partial charge in [-0.2, -0.15) is 12.7 Å². The van der Waals surface area contributed by atoms with Crippen LogP contribution in [0.1, 0.15) is 5.56 Å². The van der Waals surface area contributed by atoms with E-state index in [0.717, 1.165) is 31.0 Å². The Kier molecular flexibility index (Phi) is 6.14. The lowest BCUT2D eigenvalue weighted by molar-refractivity contribution is -0.119. The molecule has 0 spiro atoms. The van der Waals surface area contributed by atoms with E-state index in [4.69, 9.17) is 0 Å². The standard InChI is InChI=1S/C21H22FN3O3S/c1-24(2)29(27,28)25(20-10-6-5-9-19(20)22)15-21(26)23-14-16-11-12-17-7-3-4-8-18(17)13-16/h3-13H,14-15H2,1-2H3,(H,23,26). The lowest BCUT2D eigenvalue weighted by Crippen LogP contribution is -2.46. The molecule has 8 heteroatoms. The molecule has 1 amide bonds. The highest BCUT2D eigenvalue weighted by molar-refractivity contribution is 7.90. The topological polar surface area (TPSA) is 69.7 Å². The average molecular weight is 415 g/mol. The van der Waals surface area contributed by atoms with Gasteiger partial charge in [0.15, 0.2) is 0 Å². The van der Waals surface area contributed by atoms with Gasteiger partial charge in [0.25, 0.3) is 0 Å². The summed E-state index contributed by atoms with van der Waals surface area (Å²) >= 11 is 0. The summed E-state index contributed by atoms with van der Waals surface area (Å²) in [5.74, 6) is -1.26. The van der Waals surface area contributed by atoms with Crippen molar-refractivity contribution in [1.29, 1.82) is 0 Å². The summed E-state index contributed by atoms with van der Waals surface area (Å²) in [6.07, 6.45) is 0. The smallest absolute Gasteiger partial charge is 0.304 e. The van der Waals surface area contributed by atoms with Crippen molar-refractivity contribution in [3.63, 3.8) is 0 Å². The molecule has 0 aliphatic carbocycles. The van der Waals surface area contributed by atoms with E-state index in [0.29, 0.717) is 0 Å². The first-order valence-corrected chi connectivity index (χ1v) is 10.4. The molecule has 0 bridgehead atoms. The lowest BCUT2D eigenvalue weighted by atomic mass is 10.1. The van der Waals surface area contributed by atoms with Crippen LogP contribution in [0.3, 0.4) is 0 Å². The minimum atomic E-state index is -4.06. The summed E-state index contributed by atoms with van der Waals surface area (Å²) < 4.78 is 41.2. The molecule has 0 atom stereocenters. The lowest BCUT2D eigenvalue weighted by Gasteiger charge is -2.27. The Morgan fingerprint density at radius 3 is 2.31 bits per heavy atom. The number of carbonyl (C=O) groups is 1. The number of fused-ring (bicyclic) bond motifs is 1. The van der Waals surface area contributed by atoms with E-state index in [1.165, 1.54) is 32.3 Å². The Balaban J connectivity index is 1.76. The van der Waals surface area contributed by atoms with Crippen molar-refractivity contribution in [1.82, 2.24) is 9.62 Å². The molecule has 0 aliphatic heterocycles. The number of hydrogen-bond donors (Lipinski definition) is 1. The van der Waals surface area contributed by atoms with Gasteiger partial charge in [-0.3, -0.25) is 4.79 Å². The second kappa shape index (κ2) is 8.59. The normalized spacial score (nSPS) is 11.6. The van der Waals surface area contributed by atoms with Crippen LogP contribution in [-0.4, -0.2) is 39.3 Å². The molecule has 0 heterocycles. The van der Waals surface area contributed by atoms with E-state index in [-0.39, 0.29) is 12.2 Å². The van der Waals surface area contributed by atoms with Gasteiger partial charge in [0, 0.05) is 20.6 Å². The molecule has 1 N–H and O–H groups in total. The van der Waals surface area contributed by atoms with Crippen LogP contribution in [0.25, 0.3) is 10.8 Å². The van der Waals surface area contributed by atoms with E-state index in [1.54, 1.807) is 0 Å². The molecule has 0 saturated carbocycles. The predicted octanol–water partition coefficient (Wildman–Crippen LogP) is 2.91. The maximum Gasteiger partial charge on any atom is 0.304 e. The van der Waals surface area contributed by atoms with Crippen LogP contribution < -0.4 is 9.62 Å². The van der Waals surface area contributed by atoms with Crippen LogP contribution in [-0.2, 0) is 21.5 Å². The quantitative estimate of drug-likeness (QED) is 0.645. The third-order valence-corrected chi connectivity index (χ3v) is 6.26. The Morgan fingerprint density at radius 1 is 0.966 bits per heavy atom. The van der Waals surface area contributed by atoms with E-state index in [1.807, 2.05) is 42.5 Å². The number of nitrogens with one attached hydrogen (secondary N) is 1. The maximum atomic E-state index is 14.2. The Labute approximate surface area is 169 Å². The van der Waals surface area contributed by atoms with Crippen molar-refractivity contribution < 1.29 is 17.6 Å². The second-order valence-electron chi connectivity index (χ2n) is 6.71. The van der Waals surface area contributed by atoms with E-state index in [9.17, 15) is 17.6 Å². The van der Waals surface area contributed by atoms with Gasteiger partial charge >= 0.3 is 10.2 Å². The van der Waals surface area contributed by atoms with Gasteiger partial charge in [0.2, 0.25) is 5.91 Å². The van der Waals surface area contributed by atoms with Crippen LogP contribution in [0, 0.1) is 5.82 Å². The number of amides is 1. The average Bonchev–Trinajstić information content (AvgIpc) is 2.70. The SMILES string of the molecule is CN(C)S(=O)(=O)N(CC(=O)NCc1ccc2ccccc2c1)c1ccccc1F. The van der Waals surface area contributed by atoms with Crippen LogP contribution in [0.15, 0.2) is 66.7 Å². The highest BCUT2D eigenvalue weighted by Gasteiger charge is 2.29. The monoisotopic (exact) mass is 415 g/mol. The summed E-state index contributed by atoms with van der Waals surface area (Å²) in [6.45, 7) is -0.300. The van der Waals surface area contributed by atoms with Gasteiger partial charge < -0.3 is 5.32 Å². The number of hydrogen-bond acceptors (Lipinski definition) is 3. The Hall–Kier alpha value is -2.97. The van der Waals surface area contributed by atoms with Crippen molar-refractivity contribution in [3.8, 4) is 0 Å².